The van der Waals surface area contributed by atoms with Crippen LogP contribution in [0.2, 0.25) is 0 Å². The van der Waals surface area contributed by atoms with Gasteiger partial charge in [0.2, 0.25) is 5.91 Å². The van der Waals surface area contributed by atoms with Crippen LogP contribution in [0.15, 0.2) is 77.4 Å². The lowest BCUT2D eigenvalue weighted by molar-refractivity contribution is -0.126. The van der Waals surface area contributed by atoms with E-state index in [2.05, 4.69) is 5.32 Å². The van der Waals surface area contributed by atoms with E-state index in [4.69, 9.17) is 9.15 Å². The highest BCUT2D eigenvalue weighted by atomic mass is 16.5. The Bertz CT molecular complexity index is 1010. The summed E-state index contributed by atoms with van der Waals surface area (Å²) in [5.41, 5.74) is 1.65. The van der Waals surface area contributed by atoms with E-state index in [0.29, 0.717) is 5.75 Å². The summed E-state index contributed by atoms with van der Waals surface area (Å²) in [5, 5.41) is 3.18. The summed E-state index contributed by atoms with van der Waals surface area (Å²) in [7, 11) is 1.60. The van der Waals surface area contributed by atoms with Gasteiger partial charge in [-0.25, -0.2) is 0 Å². The van der Waals surface area contributed by atoms with E-state index in [-0.39, 0.29) is 30.2 Å². The zero-order valence-electron chi connectivity index (χ0n) is 18.2. The quantitative estimate of drug-likeness (QED) is 0.559. The highest BCUT2D eigenvalue weighted by molar-refractivity contribution is 5.96. The Hall–Kier alpha value is -3.54. The van der Waals surface area contributed by atoms with Crippen molar-refractivity contribution in [3.8, 4) is 5.75 Å². The lowest BCUT2D eigenvalue weighted by Crippen LogP contribution is -2.45. The number of methoxy groups -OCH3 is 1. The molecule has 0 radical (unpaired) electrons. The van der Waals surface area contributed by atoms with Gasteiger partial charge >= 0.3 is 0 Å². The third kappa shape index (κ3) is 5.02. The summed E-state index contributed by atoms with van der Waals surface area (Å²) in [6.45, 7) is 0.273. The van der Waals surface area contributed by atoms with Gasteiger partial charge in [-0.2, -0.15) is 0 Å². The SMILES string of the molecule is COc1ccc([C@@H](C(=O)NC2CCCC2)N(Cc2ccccc2)C(=O)c2ccco2)cc1. The summed E-state index contributed by atoms with van der Waals surface area (Å²) >= 11 is 0. The molecular formula is C26H28N2O4. The normalized spacial score (nSPS) is 14.7. The van der Waals surface area contributed by atoms with Gasteiger partial charge in [0.05, 0.1) is 13.4 Å². The van der Waals surface area contributed by atoms with Crippen LogP contribution in [0.5, 0.6) is 5.75 Å². The van der Waals surface area contributed by atoms with Crippen molar-refractivity contribution in [3.05, 3.63) is 89.9 Å². The molecule has 1 fully saturated rings. The predicted molar refractivity (Wildman–Crippen MR) is 121 cm³/mol. The van der Waals surface area contributed by atoms with E-state index in [9.17, 15) is 9.59 Å². The summed E-state index contributed by atoms with van der Waals surface area (Å²) in [6.07, 6.45) is 5.61. The molecule has 32 heavy (non-hydrogen) atoms. The van der Waals surface area contributed by atoms with E-state index < -0.39 is 6.04 Å². The van der Waals surface area contributed by atoms with Gasteiger partial charge in [-0.15, -0.1) is 0 Å². The maximum Gasteiger partial charge on any atom is 0.290 e. The lowest BCUT2D eigenvalue weighted by atomic mass is 10.0. The van der Waals surface area contributed by atoms with Crippen molar-refractivity contribution < 1.29 is 18.7 Å². The third-order valence-corrected chi connectivity index (χ3v) is 5.88. The number of hydrogen-bond acceptors (Lipinski definition) is 4. The van der Waals surface area contributed by atoms with Crippen LogP contribution >= 0.6 is 0 Å². The van der Waals surface area contributed by atoms with Gasteiger partial charge in [0, 0.05) is 12.6 Å². The predicted octanol–water partition coefficient (Wildman–Crippen LogP) is 4.73. The first kappa shape index (κ1) is 21.7. The Balaban J connectivity index is 1.72. The maximum absolute atomic E-state index is 13.6. The molecule has 166 valence electrons. The number of ether oxygens (including phenoxy) is 1. The van der Waals surface area contributed by atoms with Crippen molar-refractivity contribution in [2.45, 2.75) is 44.3 Å². The minimum Gasteiger partial charge on any atom is -0.497 e. The van der Waals surface area contributed by atoms with Crippen molar-refractivity contribution >= 4 is 11.8 Å². The Labute approximate surface area is 188 Å². The van der Waals surface area contributed by atoms with Gasteiger partial charge < -0.3 is 19.4 Å². The van der Waals surface area contributed by atoms with Gasteiger partial charge in [0.1, 0.15) is 11.8 Å². The average Bonchev–Trinajstić information content (AvgIpc) is 3.54. The molecule has 1 atom stereocenters. The molecule has 0 unspecified atom stereocenters. The molecule has 3 aromatic rings. The first-order valence-electron chi connectivity index (χ1n) is 11.0. The first-order valence-corrected chi connectivity index (χ1v) is 11.0. The van der Waals surface area contributed by atoms with Crippen LogP contribution in [0.1, 0.15) is 53.4 Å². The monoisotopic (exact) mass is 432 g/mol. The number of carbonyl (C=O) groups is 2. The molecule has 1 saturated carbocycles. The fourth-order valence-corrected chi connectivity index (χ4v) is 4.21. The topological polar surface area (TPSA) is 71.8 Å². The standard InChI is InChI=1S/C26H28N2O4/c1-31-22-15-13-20(14-16-22)24(25(29)27-21-10-5-6-11-21)28(18-19-8-3-2-4-9-19)26(30)23-12-7-17-32-23/h2-4,7-9,12-17,21,24H,5-6,10-11,18H2,1H3,(H,27,29)/t24-/m0/s1. The van der Waals surface area contributed by atoms with Crippen LogP contribution in [0.25, 0.3) is 0 Å². The van der Waals surface area contributed by atoms with Gasteiger partial charge in [0.25, 0.3) is 5.91 Å². The summed E-state index contributed by atoms with van der Waals surface area (Å²) in [4.78, 5) is 28.7. The second-order valence-electron chi connectivity index (χ2n) is 8.06. The van der Waals surface area contributed by atoms with E-state index in [1.54, 1.807) is 24.1 Å². The molecule has 0 aliphatic heterocycles. The zero-order valence-corrected chi connectivity index (χ0v) is 18.2. The lowest BCUT2D eigenvalue weighted by Gasteiger charge is -2.32. The van der Waals surface area contributed by atoms with E-state index in [1.165, 1.54) is 6.26 Å². The number of nitrogens with one attached hydrogen (secondary N) is 1. The van der Waals surface area contributed by atoms with Gasteiger partial charge in [-0.3, -0.25) is 9.59 Å². The molecule has 4 rings (SSSR count). The van der Waals surface area contributed by atoms with Crippen LogP contribution < -0.4 is 10.1 Å². The Morgan fingerprint density at radius 1 is 1.03 bits per heavy atom. The molecule has 0 bridgehead atoms. The minimum atomic E-state index is -0.806. The van der Waals surface area contributed by atoms with Crippen molar-refractivity contribution in [3.63, 3.8) is 0 Å². The molecule has 6 nitrogen and oxygen atoms in total. The number of benzene rings is 2. The Kier molecular flexibility index (Phi) is 6.90. The summed E-state index contributed by atoms with van der Waals surface area (Å²) in [5.74, 6) is 0.378. The molecule has 1 N–H and O–H groups in total. The molecule has 2 aromatic carbocycles. The van der Waals surface area contributed by atoms with Crippen LogP contribution in [0.3, 0.4) is 0 Å². The highest BCUT2D eigenvalue weighted by Gasteiger charge is 2.34. The van der Waals surface area contributed by atoms with E-state index >= 15 is 0 Å². The molecule has 0 saturated heterocycles. The van der Waals surface area contributed by atoms with Crippen molar-refractivity contribution in [2.75, 3.05) is 7.11 Å². The Morgan fingerprint density at radius 3 is 2.38 bits per heavy atom. The molecule has 1 aliphatic carbocycles. The molecule has 1 aromatic heterocycles. The number of carbonyl (C=O) groups excluding carboxylic acids is 2. The number of hydrogen-bond donors (Lipinski definition) is 1. The molecule has 1 heterocycles. The molecule has 6 heteroatoms. The second kappa shape index (κ2) is 10.2. The van der Waals surface area contributed by atoms with Crippen LogP contribution in [-0.2, 0) is 11.3 Å². The summed E-state index contributed by atoms with van der Waals surface area (Å²) < 4.78 is 10.7. The van der Waals surface area contributed by atoms with Crippen molar-refractivity contribution in [1.82, 2.24) is 10.2 Å². The van der Waals surface area contributed by atoms with Crippen molar-refractivity contribution in [1.29, 1.82) is 0 Å². The third-order valence-electron chi connectivity index (χ3n) is 5.88. The highest BCUT2D eigenvalue weighted by Crippen LogP contribution is 2.29. The van der Waals surface area contributed by atoms with Crippen LogP contribution in [0, 0.1) is 0 Å². The van der Waals surface area contributed by atoms with Crippen molar-refractivity contribution in [2.24, 2.45) is 0 Å². The second-order valence-corrected chi connectivity index (χ2v) is 8.06. The molecule has 2 amide bonds. The largest absolute Gasteiger partial charge is 0.497 e. The van der Waals surface area contributed by atoms with E-state index in [1.807, 2.05) is 54.6 Å². The number of furan rings is 1. The smallest absolute Gasteiger partial charge is 0.290 e. The van der Waals surface area contributed by atoms with Gasteiger partial charge in [0.15, 0.2) is 5.76 Å². The van der Waals surface area contributed by atoms with Crippen LogP contribution in [-0.4, -0.2) is 29.9 Å². The fourth-order valence-electron chi connectivity index (χ4n) is 4.21. The number of amides is 2. The maximum atomic E-state index is 13.6. The molecule has 0 spiro atoms. The number of nitrogens with zero attached hydrogens (tertiary/aromatic N) is 1. The zero-order chi connectivity index (χ0) is 22.3. The average molecular weight is 433 g/mol. The fraction of sp³-hybridized carbons (Fsp3) is 0.308. The van der Waals surface area contributed by atoms with E-state index in [0.717, 1.165) is 36.8 Å². The summed E-state index contributed by atoms with van der Waals surface area (Å²) in [6, 6.07) is 19.6. The Morgan fingerprint density at radius 2 is 1.75 bits per heavy atom. The first-order chi connectivity index (χ1) is 15.7. The number of rotatable bonds is 8. The molecule has 1 aliphatic rings. The minimum absolute atomic E-state index is 0.139. The van der Waals surface area contributed by atoms with Gasteiger partial charge in [-0.1, -0.05) is 55.3 Å². The molecular weight excluding hydrogens is 404 g/mol. The van der Waals surface area contributed by atoms with Gasteiger partial charge in [-0.05, 0) is 48.2 Å². The van der Waals surface area contributed by atoms with Crippen LogP contribution in [0.4, 0.5) is 0 Å².